The zero-order valence-corrected chi connectivity index (χ0v) is 36.7. The van der Waals surface area contributed by atoms with Crippen molar-refractivity contribution in [3.8, 4) is 33.4 Å². The summed E-state index contributed by atoms with van der Waals surface area (Å²) in [4.78, 5) is 2.49. The van der Waals surface area contributed by atoms with Crippen LogP contribution in [0.2, 0.25) is 0 Å². The van der Waals surface area contributed by atoms with Crippen molar-refractivity contribution in [1.82, 2.24) is 0 Å². The van der Waals surface area contributed by atoms with E-state index in [4.69, 9.17) is 0 Å². The number of fused-ring (bicyclic) bond motifs is 9. The monoisotopic (exact) mass is 839 g/mol. The summed E-state index contributed by atoms with van der Waals surface area (Å²) in [5.41, 5.74) is 19.1. The van der Waals surface area contributed by atoms with Gasteiger partial charge in [0, 0.05) is 22.5 Å². The molecule has 1 nitrogen and oxygen atoms in total. The maximum atomic E-state index is 2.49. The van der Waals surface area contributed by atoms with Crippen molar-refractivity contribution >= 4 is 38.6 Å². The van der Waals surface area contributed by atoms with Gasteiger partial charge in [-0.2, -0.15) is 0 Å². The summed E-state index contributed by atoms with van der Waals surface area (Å²) in [6, 6.07) is 94.8. The summed E-state index contributed by atoms with van der Waals surface area (Å²) >= 11 is 0. The third-order valence-corrected chi connectivity index (χ3v) is 14.8. The molecule has 66 heavy (non-hydrogen) atoms. The third kappa shape index (κ3) is 5.53. The smallest absolute Gasteiger partial charge is 0.0714 e. The second-order valence-corrected chi connectivity index (χ2v) is 18.1. The number of nitrogens with zero attached hydrogens (tertiary/aromatic N) is 1. The molecule has 0 saturated carbocycles. The predicted octanol–water partition coefficient (Wildman–Crippen LogP) is 16.8. The Morgan fingerprint density at radius 1 is 0.288 bits per heavy atom. The summed E-state index contributed by atoms with van der Waals surface area (Å²) in [5.74, 6) is 0. The molecular weight excluding hydrogens is 795 g/mol. The fraction of sp³-hybridized carbons (Fsp3) is 0.0462. The number of rotatable bonds is 7. The lowest BCUT2D eigenvalue weighted by atomic mass is 9.67. The van der Waals surface area contributed by atoms with Crippen LogP contribution in [0, 0.1) is 0 Å². The Hall–Kier alpha value is -8.26. The molecule has 0 bridgehead atoms. The Kier molecular flexibility index (Phi) is 8.63. The summed E-state index contributed by atoms with van der Waals surface area (Å²) < 4.78 is 0. The van der Waals surface area contributed by atoms with E-state index >= 15 is 0 Å². The Bertz CT molecular complexity index is 3610. The minimum absolute atomic E-state index is 0.342. The van der Waals surface area contributed by atoms with Gasteiger partial charge in [0.2, 0.25) is 0 Å². The third-order valence-electron chi connectivity index (χ3n) is 14.8. The highest BCUT2D eigenvalue weighted by atomic mass is 15.1. The van der Waals surface area contributed by atoms with Crippen LogP contribution < -0.4 is 4.90 Å². The van der Waals surface area contributed by atoms with Gasteiger partial charge < -0.3 is 4.90 Å². The van der Waals surface area contributed by atoms with Crippen LogP contribution in [0.1, 0.15) is 45.9 Å². The summed E-state index contributed by atoms with van der Waals surface area (Å²) in [5, 5.41) is 5.06. The molecule has 13 rings (SSSR count). The Labute approximate surface area is 386 Å². The molecule has 0 heterocycles. The van der Waals surface area contributed by atoms with E-state index in [0.717, 1.165) is 17.1 Å². The molecule has 0 fully saturated rings. The average molecular weight is 840 g/mol. The van der Waals surface area contributed by atoms with Crippen LogP contribution in [0.5, 0.6) is 0 Å². The maximum absolute atomic E-state index is 2.49. The molecule has 1 atom stereocenters. The van der Waals surface area contributed by atoms with Crippen LogP contribution in [0.3, 0.4) is 0 Å². The second kappa shape index (κ2) is 14.9. The fourth-order valence-electron chi connectivity index (χ4n) is 11.8. The van der Waals surface area contributed by atoms with Crippen molar-refractivity contribution in [2.24, 2.45) is 0 Å². The summed E-state index contributed by atoms with van der Waals surface area (Å²) in [7, 11) is 0. The van der Waals surface area contributed by atoms with Crippen molar-refractivity contribution in [2.75, 3.05) is 4.90 Å². The molecule has 1 unspecified atom stereocenters. The Morgan fingerprint density at radius 2 is 0.742 bits per heavy atom. The van der Waals surface area contributed by atoms with E-state index in [2.05, 4.69) is 267 Å². The Balaban J connectivity index is 1.05. The molecule has 0 saturated heterocycles. The highest BCUT2D eigenvalue weighted by molar-refractivity contribution is 6.13. The first kappa shape index (κ1) is 38.2. The largest absolute Gasteiger partial charge is 0.310 e. The van der Waals surface area contributed by atoms with Gasteiger partial charge in [0.25, 0.3) is 0 Å². The molecule has 1 heteroatoms. The quantitative estimate of drug-likeness (QED) is 0.145. The van der Waals surface area contributed by atoms with Crippen LogP contribution >= 0.6 is 0 Å². The van der Waals surface area contributed by atoms with Gasteiger partial charge in [0.15, 0.2) is 0 Å². The summed E-state index contributed by atoms with van der Waals surface area (Å²) in [6.45, 7) is 2.41. The maximum Gasteiger partial charge on any atom is 0.0714 e. The van der Waals surface area contributed by atoms with Crippen LogP contribution in [0.15, 0.2) is 255 Å². The lowest BCUT2D eigenvalue weighted by Crippen LogP contribution is -2.28. The van der Waals surface area contributed by atoms with E-state index < -0.39 is 5.41 Å². The van der Waals surface area contributed by atoms with Gasteiger partial charge in [-0.1, -0.05) is 212 Å². The lowest BCUT2D eigenvalue weighted by Gasteiger charge is -2.35. The van der Waals surface area contributed by atoms with Crippen molar-refractivity contribution in [1.29, 1.82) is 0 Å². The van der Waals surface area contributed by atoms with E-state index in [1.54, 1.807) is 0 Å². The molecule has 2 aliphatic rings. The van der Waals surface area contributed by atoms with Crippen molar-refractivity contribution in [3.05, 3.63) is 294 Å². The fourth-order valence-corrected chi connectivity index (χ4v) is 11.8. The zero-order chi connectivity index (χ0) is 43.8. The SMILES string of the molecule is CC1(c2ccccc2)c2ccccc2-c2ccc(N(c3ccc(-c4cc5ccccc5c5ccccc45)cc3)c3ccc4c(c3)C(c3ccccc3)(c3ccccc3)c3ccccc3-4)cc21. The van der Waals surface area contributed by atoms with E-state index in [9.17, 15) is 0 Å². The van der Waals surface area contributed by atoms with Gasteiger partial charge in [-0.25, -0.2) is 0 Å². The van der Waals surface area contributed by atoms with Crippen LogP contribution in [-0.4, -0.2) is 0 Å². The Morgan fingerprint density at radius 3 is 1.39 bits per heavy atom. The summed E-state index contributed by atoms with van der Waals surface area (Å²) in [6.07, 6.45) is 0. The molecular formula is C65H45N. The van der Waals surface area contributed by atoms with Crippen LogP contribution in [0.25, 0.3) is 54.9 Å². The normalized spacial score (nSPS) is 15.2. The van der Waals surface area contributed by atoms with Gasteiger partial charge in [-0.15, -0.1) is 0 Å². The number of benzene rings is 11. The van der Waals surface area contributed by atoms with Crippen molar-refractivity contribution in [2.45, 2.75) is 17.8 Å². The number of anilines is 3. The highest BCUT2D eigenvalue weighted by Crippen LogP contribution is 2.58. The topological polar surface area (TPSA) is 3.24 Å². The van der Waals surface area contributed by atoms with Crippen LogP contribution in [-0.2, 0) is 10.8 Å². The number of hydrogen-bond donors (Lipinski definition) is 0. The zero-order valence-electron chi connectivity index (χ0n) is 36.7. The molecule has 0 amide bonds. The van der Waals surface area contributed by atoms with E-state index in [1.165, 1.54) is 93.9 Å². The highest BCUT2D eigenvalue weighted by Gasteiger charge is 2.46. The van der Waals surface area contributed by atoms with E-state index in [1.807, 2.05) is 0 Å². The average Bonchev–Trinajstić information content (AvgIpc) is 3.84. The molecule has 11 aromatic carbocycles. The lowest BCUT2D eigenvalue weighted by molar-refractivity contribution is 0.714. The molecule has 0 aliphatic heterocycles. The second-order valence-electron chi connectivity index (χ2n) is 18.1. The van der Waals surface area contributed by atoms with Gasteiger partial charge >= 0.3 is 0 Å². The minimum Gasteiger partial charge on any atom is -0.310 e. The van der Waals surface area contributed by atoms with Crippen molar-refractivity contribution in [3.63, 3.8) is 0 Å². The van der Waals surface area contributed by atoms with Gasteiger partial charge in [0.05, 0.1) is 5.41 Å². The van der Waals surface area contributed by atoms with E-state index in [0.29, 0.717) is 0 Å². The van der Waals surface area contributed by atoms with Crippen LogP contribution in [0.4, 0.5) is 17.1 Å². The van der Waals surface area contributed by atoms with Crippen molar-refractivity contribution < 1.29 is 0 Å². The molecule has 0 spiro atoms. The predicted molar refractivity (Wildman–Crippen MR) is 276 cm³/mol. The standard InChI is InChI=1S/C65H45N/c1-64(46-20-5-2-6-21-46)60-31-17-15-29-55(60)57-39-37-50(42-62(57)64)66(49-35-33-44(34-36-49)59-41-45-19-11-12-26-52(45)53-27-13-14-28-54(53)59)51-38-40-58-56-30-16-18-32-61(56)65(63(58)43-51,47-22-7-3-8-23-47)48-24-9-4-10-25-48/h2-43H,1H3. The molecule has 310 valence electrons. The number of hydrogen-bond acceptors (Lipinski definition) is 1. The van der Waals surface area contributed by atoms with Gasteiger partial charge in [-0.3, -0.25) is 0 Å². The first-order chi connectivity index (χ1) is 32.6. The first-order valence-electron chi connectivity index (χ1n) is 23.1. The minimum atomic E-state index is -0.525. The molecule has 2 aliphatic carbocycles. The molecule has 0 N–H and O–H groups in total. The molecule has 11 aromatic rings. The van der Waals surface area contributed by atoms with Gasteiger partial charge in [-0.05, 0) is 143 Å². The first-order valence-corrected chi connectivity index (χ1v) is 23.1. The molecule has 0 aromatic heterocycles. The van der Waals surface area contributed by atoms with Gasteiger partial charge in [0.1, 0.15) is 0 Å². The molecule has 0 radical (unpaired) electrons. The van der Waals surface area contributed by atoms with E-state index in [-0.39, 0.29) is 5.41 Å².